The molecule has 13 heteroatoms. The van der Waals surface area contributed by atoms with Crippen molar-refractivity contribution in [3.63, 3.8) is 0 Å². The largest absolute Gasteiger partial charge is 0.416 e. The molecule has 0 nitrogen and oxygen atoms in total. The van der Waals surface area contributed by atoms with Gasteiger partial charge >= 0.3 is 24.7 Å². The van der Waals surface area contributed by atoms with Gasteiger partial charge in [0.15, 0.2) is 0 Å². The summed E-state index contributed by atoms with van der Waals surface area (Å²) in [4.78, 5) is 0. The van der Waals surface area contributed by atoms with E-state index in [4.69, 9.17) is 0 Å². The lowest BCUT2D eigenvalue weighted by Crippen LogP contribution is -2.46. The highest BCUT2D eigenvalue weighted by molar-refractivity contribution is 6.86. The van der Waals surface area contributed by atoms with Gasteiger partial charge in [0.25, 0.3) is 0 Å². The van der Waals surface area contributed by atoms with Crippen LogP contribution in [0.4, 0.5) is 52.7 Å². The SMILES string of the molecule is CC(C)B(c1cc(C(F)(F)F)cc(C(F)(F)F)c1)c1cc(C(F)(F)F)cc(C(F)(F)F)c1. The molecule has 0 unspecified atom stereocenters. The fraction of sp³-hybridized carbons (Fsp3) is 0.368. The van der Waals surface area contributed by atoms with Crippen LogP contribution in [-0.4, -0.2) is 6.71 Å². The van der Waals surface area contributed by atoms with Gasteiger partial charge in [-0.15, -0.1) is 0 Å². The average molecular weight is 480 g/mol. The van der Waals surface area contributed by atoms with Crippen LogP contribution in [0.5, 0.6) is 0 Å². The molecule has 0 spiro atoms. The van der Waals surface area contributed by atoms with Crippen molar-refractivity contribution in [3.05, 3.63) is 58.7 Å². The Morgan fingerprint density at radius 2 is 0.688 bits per heavy atom. The first-order valence-corrected chi connectivity index (χ1v) is 8.80. The summed E-state index contributed by atoms with van der Waals surface area (Å²) in [7, 11) is 0. The standard InChI is InChI=1S/C19H13BF12/c1-9(2)20(14-5-10(16(21,22)23)3-11(6-14)17(24,25)26)15-7-12(18(27,28)29)4-13(8-15)19(30,31)32/h3-9H,1-2H3. The number of halogens is 12. The minimum atomic E-state index is -5.23. The second-order valence-corrected chi connectivity index (χ2v) is 7.40. The summed E-state index contributed by atoms with van der Waals surface area (Å²) in [5.41, 5.74) is -8.33. The van der Waals surface area contributed by atoms with Gasteiger partial charge in [-0.1, -0.05) is 54.9 Å². The zero-order valence-electron chi connectivity index (χ0n) is 16.2. The van der Waals surface area contributed by atoms with Crippen LogP contribution in [0.25, 0.3) is 0 Å². The Balaban J connectivity index is 2.86. The summed E-state index contributed by atoms with van der Waals surface area (Å²) >= 11 is 0. The maximum atomic E-state index is 13.2. The second-order valence-electron chi connectivity index (χ2n) is 7.40. The van der Waals surface area contributed by atoms with Crippen LogP contribution in [0.2, 0.25) is 5.82 Å². The fourth-order valence-electron chi connectivity index (χ4n) is 3.28. The minimum absolute atomic E-state index is 0.172. The Hall–Kier alpha value is -2.34. The summed E-state index contributed by atoms with van der Waals surface area (Å²) < 4.78 is 158. The molecule has 0 aromatic heterocycles. The Bertz CT molecular complexity index is 824. The van der Waals surface area contributed by atoms with E-state index in [1.54, 1.807) is 0 Å². The van der Waals surface area contributed by atoms with Crippen LogP contribution >= 0.6 is 0 Å². The predicted octanol–water partition coefficient (Wildman–Crippen LogP) is 6.78. The Morgan fingerprint density at radius 1 is 0.469 bits per heavy atom. The lowest BCUT2D eigenvalue weighted by atomic mass is 9.34. The molecule has 2 aromatic carbocycles. The molecule has 2 aromatic rings. The maximum Gasteiger partial charge on any atom is 0.416 e. The van der Waals surface area contributed by atoms with E-state index in [2.05, 4.69) is 0 Å². The average Bonchev–Trinajstić information content (AvgIpc) is 2.58. The molecule has 0 fully saturated rings. The van der Waals surface area contributed by atoms with E-state index in [0.717, 1.165) is 0 Å². The fourth-order valence-corrected chi connectivity index (χ4v) is 3.28. The third-order valence-corrected chi connectivity index (χ3v) is 4.60. The van der Waals surface area contributed by atoms with Gasteiger partial charge in [0.2, 0.25) is 6.71 Å². The zero-order valence-corrected chi connectivity index (χ0v) is 16.2. The summed E-state index contributed by atoms with van der Waals surface area (Å²) in [5.74, 6) is -0.955. The third kappa shape index (κ3) is 5.92. The van der Waals surface area contributed by atoms with E-state index in [-0.39, 0.29) is 12.1 Å². The van der Waals surface area contributed by atoms with Crippen LogP contribution in [0, 0.1) is 0 Å². The highest BCUT2D eigenvalue weighted by atomic mass is 19.4. The predicted molar refractivity (Wildman–Crippen MR) is 93.0 cm³/mol. The molecule has 0 heterocycles. The van der Waals surface area contributed by atoms with Gasteiger partial charge in [0.05, 0.1) is 22.3 Å². The van der Waals surface area contributed by atoms with E-state index in [1.165, 1.54) is 13.8 Å². The number of rotatable bonds is 3. The molecule has 32 heavy (non-hydrogen) atoms. The Morgan fingerprint density at radius 3 is 0.844 bits per heavy atom. The van der Waals surface area contributed by atoms with Crippen molar-refractivity contribution in [3.8, 4) is 0 Å². The molecule has 0 radical (unpaired) electrons. The third-order valence-electron chi connectivity index (χ3n) is 4.60. The number of alkyl halides is 12. The van der Waals surface area contributed by atoms with Gasteiger partial charge in [-0.2, -0.15) is 52.7 Å². The van der Waals surface area contributed by atoms with Crippen LogP contribution in [0.15, 0.2) is 36.4 Å². The Labute approximate surface area is 174 Å². The lowest BCUT2D eigenvalue weighted by Gasteiger charge is -2.23. The van der Waals surface area contributed by atoms with Gasteiger partial charge in [0.1, 0.15) is 0 Å². The van der Waals surface area contributed by atoms with Crippen molar-refractivity contribution >= 4 is 17.6 Å². The van der Waals surface area contributed by atoms with Crippen molar-refractivity contribution < 1.29 is 52.7 Å². The first-order valence-electron chi connectivity index (χ1n) is 8.80. The topological polar surface area (TPSA) is 0 Å². The monoisotopic (exact) mass is 480 g/mol. The van der Waals surface area contributed by atoms with Crippen LogP contribution in [0.1, 0.15) is 36.1 Å². The van der Waals surface area contributed by atoms with Gasteiger partial charge in [-0.3, -0.25) is 0 Å². The van der Waals surface area contributed by atoms with Crippen LogP contribution in [-0.2, 0) is 24.7 Å². The molecular weight excluding hydrogens is 467 g/mol. The molecule has 0 bridgehead atoms. The van der Waals surface area contributed by atoms with E-state index < -0.39 is 70.4 Å². The number of benzene rings is 2. The molecule has 0 N–H and O–H groups in total. The molecule has 0 aliphatic carbocycles. The molecular formula is C19H13BF12. The molecule has 0 aliphatic heterocycles. The van der Waals surface area contributed by atoms with E-state index in [0.29, 0.717) is 24.3 Å². The van der Waals surface area contributed by atoms with Gasteiger partial charge < -0.3 is 0 Å². The molecule has 0 saturated carbocycles. The molecule has 0 saturated heterocycles. The molecule has 0 aliphatic rings. The molecule has 0 amide bonds. The number of hydrogen-bond donors (Lipinski definition) is 0. The quantitative estimate of drug-likeness (QED) is 0.336. The zero-order chi connectivity index (χ0) is 24.9. The second kappa shape index (κ2) is 8.22. The molecule has 2 rings (SSSR count). The van der Waals surface area contributed by atoms with Crippen molar-refractivity contribution in [1.82, 2.24) is 0 Å². The number of hydrogen-bond acceptors (Lipinski definition) is 0. The highest BCUT2D eigenvalue weighted by Crippen LogP contribution is 2.37. The van der Waals surface area contributed by atoms with Crippen molar-refractivity contribution in [2.24, 2.45) is 0 Å². The lowest BCUT2D eigenvalue weighted by molar-refractivity contribution is -0.144. The normalized spacial score (nSPS) is 13.6. The van der Waals surface area contributed by atoms with Crippen molar-refractivity contribution in [1.29, 1.82) is 0 Å². The van der Waals surface area contributed by atoms with E-state index in [9.17, 15) is 52.7 Å². The summed E-state index contributed by atoms with van der Waals surface area (Å²) in [6.07, 6.45) is -20.9. The minimum Gasteiger partial charge on any atom is -0.166 e. The van der Waals surface area contributed by atoms with Gasteiger partial charge in [0, 0.05) is 0 Å². The van der Waals surface area contributed by atoms with Crippen molar-refractivity contribution in [2.45, 2.75) is 44.4 Å². The first-order chi connectivity index (χ1) is 14.2. The van der Waals surface area contributed by atoms with Crippen LogP contribution < -0.4 is 10.9 Å². The van der Waals surface area contributed by atoms with Gasteiger partial charge in [-0.25, -0.2) is 0 Å². The summed E-state index contributed by atoms with van der Waals surface area (Å²) in [5, 5.41) is 0. The van der Waals surface area contributed by atoms with E-state index in [1.807, 2.05) is 0 Å². The first kappa shape index (κ1) is 25.9. The summed E-state index contributed by atoms with van der Waals surface area (Å²) in [6.45, 7) is 0.888. The molecule has 0 atom stereocenters. The van der Waals surface area contributed by atoms with E-state index >= 15 is 0 Å². The smallest absolute Gasteiger partial charge is 0.166 e. The maximum absolute atomic E-state index is 13.2. The Kier molecular flexibility index (Phi) is 6.66. The molecule has 176 valence electrons. The summed E-state index contributed by atoms with van der Waals surface area (Å²) in [6, 6.07) is 0.851. The highest BCUT2D eigenvalue weighted by Gasteiger charge is 2.41. The van der Waals surface area contributed by atoms with Crippen LogP contribution in [0.3, 0.4) is 0 Å². The van der Waals surface area contributed by atoms with Gasteiger partial charge in [-0.05, 0) is 12.1 Å². The van der Waals surface area contributed by atoms with Crippen molar-refractivity contribution in [2.75, 3.05) is 0 Å².